The molecule has 0 fully saturated rings. The molecule has 32 heavy (non-hydrogen) atoms. The number of nitrogens with one attached hydrogen (secondary N) is 1. The monoisotopic (exact) mass is 460 g/mol. The smallest absolute Gasteiger partial charge is 0.365 e. The topological polar surface area (TPSA) is 86.2 Å². The molecule has 0 bridgehead atoms. The van der Waals surface area contributed by atoms with Crippen molar-refractivity contribution in [1.29, 1.82) is 0 Å². The molecule has 0 aliphatic rings. The van der Waals surface area contributed by atoms with Crippen LogP contribution in [0.15, 0.2) is 53.1 Å². The van der Waals surface area contributed by atoms with Gasteiger partial charge in [0, 0.05) is 6.42 Å². The van der Waals surface area contributed by atoms with E-state index < -0.39 is 41.9 Å². The lowest BCUT2D eigenvalue weighted by molar-refractivity contribution is -0.144. The third-order valence-corrected chi connectivity index (χ3v) is 4.41. The molecule has 1 heterocycles. The molecule has 6 nitrogen and oxygen atoms in total. The van der Waals surface area contributed by atoms with Gasteiger partial charge in [-0.1, -0.05) is 36.4 Å². The predicted octanol–water partition coefficient (Wildman–Crippen LogP) is 4.56. The molecular formula is C20H18F6N4O2. The van der Waals surface area contributed by atoms with Crippen LogP contribution in [0.5, 0.6) is 0 Å². The molecule has 3 rings (SSSR count). The molecule has 3 aromatic rings. The number of hydrogen-bond donors (Lipinski definition) is 2. The van der Waals surface area contributed by atoms with Gasteiger partial charge in [-0.05, 0) is 28.4 Å². The summed E-state index contributed by atoms with van der Waals surface area (Å²) < 4.78 is 89.2. The second kappa shape index (κ2) is 9.57. The summed E-state index contributed by atoms with van der Waals surface area (Å²) in [7, 11) is 0. The SMILES string of the molecule is Nc1noc(CN[C@H](Cc2ccccc2)OCc2ccc(C(F)(F)F)cc2C(F)(F)F)n1. The van der Waals surface area contributed by atoms with Crippen LogP contribution in [0.4, 0.5) is 32.3 Å². The molecular weight excluding hydrogens is 442 g/mol. The van der Waals surface area contributed by atoms with E-state index in [4.69, 9.17) is 15.0 Å². The van der Waals surface area contributed by atoms with Gasteiger partial charge in [0.2, 0.25) is 5.89 Å². The van der Waals surface area contributed by atoms with E-state index in [1.807, 2.05) is 0 Å². The highest BCUT2D eigenvalue weighted by atomic mass is 19.4. The van der Waals surface area contributed by atoms with Crippen LogP contribution in [0.3, 0.4) is 0 Å². The summed E-state index contributed by atoms with van der Waals surface area (Å²) in [6.45, 7) is -0.565. The largest absolute Gasteiger partial charge is 0.416 e. The Morgan fingerprint density at radius 1 is 1.00 bits per heavy atom. The maximum Gasteiger partial charge on any atom is 0.416 e. The zero-order valence-corrected chi connectivity index (χ0v) is 16.4. The Morgan fingerprint density at radius 3 is 2.31 bits per heavy atom. The Labute approximate surface area is 178 Å². The van der Waals surface area contributed by atoms with E-state index in [9.17, 15) is 26.3 Å². The number of benzene rings is 2. The standard InChI is InChI=1S/C20H18F6N4O2/c21-19(22,23)14-7-6-13(15(9-14)20(24,25)26)11-31-16(8-12-4-2-1-3-5-12)28-10-17-29-18(27)30-32-17/h1-7,9,16,28H,8,10-11H2,(H2,27,30)/t16-/m0/s1. The lowest BCUT2D eigenvalue weighted by Crippen LogP contribution is -2.33. The van der Waals surface area contributed by atoms with Gasteiger partial charge >= 0.3 is 12.4 Å². The van der Waals surface area contributed by atoms with E-state index in [1.165, 1.54) is 0 Å². The van der Waals surface area contributed by atoms with Gasteiger partial charge in [0.25, 0.3) is 5.95 Å². The summed E-state index contributed by atoms with van der Waals surface area (Å²) in [5.74, 6) is 0.0524. The van der Waals surface area contributed by atoms with Crippen molar-refractivity contribution in [2.75, 3.05) is 5.73 Å². The number of ether oxygens (including phenoxy) is 1. The molecule has 1 atom stereocenters. The molecule has 0 unspecified atom stereocenters. The summed E-state index contributed by atoms with van der Waals surface area (Å²) in [6, 6.07) is 10.4. The third kappa shape index (κ3) is 6.44. The van der Waals surface area contributed by atoms with Gasteiger partial charge in [-0.15, -0.1) is 0 Å². The number of nitrogen functional groups attached to an aromatic ring is 1. The fraction of sp³-hybridized carbons (Fsp3) is 0.300. The normalized spacial score (nSPS) is 13.3. The van der Waals surface area contributed by atoms with E-state index in [1.54, 1.807) is 30.3 Å². The van der Waals surface area contributed by atoms with Crippen molar-refractivity contribution in [1.82, 2.24) is 15.5 Å². The number of aromatic nitrogens is 2. The molecule has 0 spiro atoms. The van der Waals surface area contributed by atoms with Crippen LogP contribution in [0.25, 0.3) is 0 Å². The number of alkyl halides is 6. The first-order valence-corrected chi connectivity index (χ1v) is 9.26. The molecule has 0 radical (unpaired) electrons. The van der Waals surface area contributed by atoms with Crippen LogP contribution < -0.4 is 11.1 Å². The van der Waals surface area contributed by atoms with Gasteiger partial charge in [0.1, 0.15) is 6.23 Å². The highest BCUT2D eigenvalue weighted by Crippen LogP contribution is 2.37. The lowest BCUT2D eigenvalue weighted by Gasteiger charge is -2.21. The van der Waals surface area contributed by atoms with Gasteiger partial charge in [-0.2, -0.15) is 31.3 Å². The lowest BCUT2D eigenvalue weighted by atomic mass is 10.0. The Morgan fingerprint density at radius 2 is 1.72 bits per heavy atom. The van der Waals surface area contributed by atoms with Crippen molar-refractivity contribution >= 4 is 5.95 Å². The zero-order valence-electron chi connectivity index (χ0n) is 16.4. The zero-order chi connectivity index (χ0) is 23.4. The number of anilines is 1. The van der Waals surface area contributed by atoms with Crippen molar-refractivity contribution in [3.8, 4) is 0 Å². The quantitative estimate of drug-likeness (QED) is 0.379. The van der Waals surface area contributed by atoms with Crippen LogP contribution in [-0.4, -0.2) is 16.4 Å². The van der Waals surface area contributed by atoms with Crippen molar-refractivity contribution in [2.24, 2.45) is 0 Å². The number of halogens is 6. The molecule has 1 aromatic heterocycles. The Bertz CT molecular complexity index is 1020. The van der Waals surface area contributed by atoms with Crippen molar-refractivity contribution in [3.63, 3.8) is 0 Å². The van der Waals surface area contributed by atoms with Crippen molar-refractivity contribution in [2.45, 2.75) is 38.2 Å². The predicted molar refractivity (Wildman–Crippen MR) is 101 cm³/mol. The summed E-state index contributed by atoms with van der Waals surface area (Å²) in [5, 5.41) is 6.36. The average molecular weight is 460 g/mol. The summed E-state index contributed by atoms with van der Waals surface area (Å²) >= 11 is 0. The molecule has 0 aliphatic carbocycles. The van der Waals surface area contributed by atoms with E-state index in [-0.39, 0.29) is 30.9 Å². The molecule has 2 aromatic carbocycles. The second-order valence-electron chi connectivity index (χ2n) is 6.78. The highest BCUT2D eigenvalue weighted by Gasteiger charge is 2.38. The molecule has 0 saturated heterocycles. The van der Waals surface area contributed by atoms with Crippen LogP contribution >= 0.6 is 0 Å². The maximum atomic E-state index is 13.4. The van der Waals surface area contributed by atoms with Crippen LogP contribution in [0.1, 0.15) is 28.1 Å². The van der Waals surface area contributed by atoms with Gasteiger partial charge in [0.05, 0.1) is 24.3 Å². The van der Waals surface area contributed by atoms with E-state index in [2.05, 4.69) is 15.5 Å². The fourth-order valence-corrected chi connectivity index (χ4v) is 2.89. The molecule has 3 N–H and O–H groups in total. The maximum absolute atomic E-state index is 13.4. The van der Waals surface area contributed by atoms with Crippen molar-refractivity contribution < 1.29 is 35.6 Å². The fourth-order valence-electron chi connectivity index (χ4n) is 2.89. The van der Waals surface area contributed by atoms with E-state index in [0.29, 0.717) is 6.07 Å². The van der Waals surface area contributed by atoms with Crippen LogP contribution in [0, 0.1) is 0 Å². The first-order chi connectivity index (χ1) is 15.0. The minimum Gasteiger partial charge on any atom is -0.365 e. The minimum atomic E-state index is -4.98. The number of hydrogen-bond acceptors (Lipinski definition) is 6. The van der Waals surface area contributed by atoms with Crippen LogP contribution in [-0.2, 0) is 36.7 Å². The minimum absolute atomic E-state index is 0.0147. The van der Waals surface area contributed by atoms with Gasteiger partial charge < -0.3 is 15.0 Å². The Kier molecular flexibility index (Phi) is 7.04. The molecule has 172 valence electrons. The third-order valence-electron chi connectivity index (χ3n) is 4.41. The van der Waals surface area contributed by atoms with Crippen molar-refractivity contribution in [3.05, 3.63) is 76.7 Å². The highest BCUT2D eigenvalue weighted by molar-refractivity contribution is 5.35. The summed E-state index contributed by atoms with van der Waals surface area (Å²) in [5.41, 5.74) is 2.98. The average Bonchev–Trinajstić information content (AvgIpc) is 3.14. The van der Waals surface area contributed by atoms with Crippen LogP contribution in [0.2, 0.25) is 0 Å². The van der Waals surface area contributed by atoms with Gasteiger partial charge in [-0.3, -0.25) is 5.32 Å². The first-order valence-electron chi connectivity index (χ1n) is 9.26. The summed E-state index contributed by atoms with van der Waals surface area (Å²) in [6.07, 6.45) is -10.4. The number of rotatable bonds is 8. The van der Waals surface area contributed by atoms with Gasteiger partial charge in [0.15, 0.2) is 0 Å². The number of nitrogens with zero attached hydrogens (tertiary/aromatic N) is 2. The Balaban J connectivity index is 1.78. The molecule has 0 amide bonds. The van der Waals surface area contributed by atoms with E-state index >= 15 is 0 Å². The molecule has 12 heteroatoms. The second-order valence-corrected chi connectivity index (χ2v) is 6.78. The molecule has 0 aliphatic heterocycles. The molecule has 0 saturated carbocycles. The van der Waals surface area contributed by atoms with E-state index in [0.717, 1.165) is 11.6 Å². The number of nitrogens with two attached hydrogens (primary N) is 1. The Hall–Kier alpha value is -3.12. The first kappa shape index (κ1) is 23.5. The summed E-state index contributed by atoms with van der Waals surface area (Å²) in [4.78, 5) is 3.81. The van der Waals surface area contributed by atoms with Gasteiger partial charge in [-0.25, -0.2) is 0 Å².